The fraction of sp³-hybridized carbons (Fsp3) is 0. The average Bonchev–Trinajstić information content (AvgIpc) is 2.48. The maximum Gasteiger partial charge on any atom is 0.142 e. The summed E-state index contributed by atoms with van der Waals surface area (Å²) < 4.78 is 0. The number of rotatable bonds is 3. The van der Waals surface area contributed by atoms with E-state index in [0.717, 1.165) is 16.9 Å². The largest absolute Gasteiger partial charge is 0.340 e. The Hall–Kier alpha value is -2.59. The van der Waals surface area contributed by atoms with Crippen molar-refractivity contribution in [2.24, 2.45) is 5.84 Å². The second-order valence-electron chi connectivity index (χ2n) is 4.20. The van der Waals surface area contributed by atoms with Gasteiger partial charge in [0.15, 0.2) is 0 Å². The normalized spacial score (nSPS) is 10.4. The number of fused-ring (bicyclic) bond motifs is 1. The van der Waals surface area contributed by atoms with Gasteiger partial charge in [-0.15, -0.1) is 0 Å². The van der Waals surface area contributed by atoms with Gasteiger partial charge in [-0.25, -0.2) is 10.8 Å². The zero-order valence-corrected chi connectivity index (χ0v) is 10.3. The number of nitrogens with zero attached hydrogens (tertiary/aromatic N) is 1. The predicted molar refractivity (Wildman–Crippen MR) is 79.3 cm³/mol. The third kappa shape index (κ3) is 2.34. The maximum absolute atomic E-state index is 5.36. The monoisotopic (exact) mass is 250 g/mol. The molecule has 0 radical (unpaired) electrons. The van der Waals surface area contributed by atoms with Crippen molar-refractivity contribution in [1.82, 2.24) is 4.98 Å². The molecular weight excluding hydrogens is 236 g/mol. The number of pyridine rings is 1. The Morgan fingerprint density at radius 2 is 1.53 bits per heavy atom. The molecule has 3 aromatic rings. The molecule has 94 valence electrons. The van der Waals surface area contributed by atoms with E-state index in [-0.39, 0.29) is 0 Å². The number of nitrogen functional groups attached to an aromatic ring is 1. The van der Waals surface area contributed by atoms with E-state index in [1.54, 1.807) is 0 Å². The van der Waals surface area contributed by atoms with Crippen LogP contribution in [-0.4, -0.2) is 4.98 Å². The van der Waals surface area contributed by atoms with E-state index in [0.29, 0.717) is 5.82 Å². The van der Waals surface area contributed by atoms with E-state index in [1.807, 2.05) is 42.5 Å². The minimum atomic E-state index is 0.630. The summed E-state index contributed by atoms with van der Waals surface area (Å²) in [7, 11) is 0. The molecule has 0 unspecified atom stereocenters. The van der Waals surface area contributed by atoms with Crippen molar-refractivity contribution in [3.8, 4) is 0 Å². The van der Waals surface area contributed by atoms with Gasteiger partial charge in [-0.05, 0) is 23.6 Å². The molecule has 4 N–H and O–H groups in total. The fourth-order valence-corrected chi connectivity index (χ4v) is 2.06. The van der Waals surface area contributed by atoms with Gasteiger partial charge >= 0.3 is 0 Å². The van der Waals surface area contributed by atoms with E-state index in [1.165, 1.54) is 5.39 Å². The van der Waals surface area contributed by atoms with Crippen LogP contribution in [0.15, 0.2) is 60.7 Å². The first-order valence-corrected chi connectivity index (χ1v) is 6.05. The van der Waals surface area contributed by atoms with Crippen LogP contribution in [0.1, 0.15) is 0 Å². The molecule has 0 amide bonds. The summed E-state index contributed by atoms with van der Waals surface area (Å²) in [5, 5.41) is 5.67. The SMILES string of the molecule is NNc1cccc(Nc2cccc3ccccc23)n1. The molecule has 2 aromatic carbocycles. The number of nitrogens with one attached hydrogen (secondary N) is 2. The number of hydrogen-bond donors (Lipinski definition) is 3. The fourth-order valence-electron chi connectivity index (χ4n) is 2.06. The average molecular weight is 250 g/mol. The van der Waals surface area contributed by atoms with Crippen LogP contribution in [0.3, 0.4) is 0 Å². The summed E-state index contributed by atoms with van der Waals surface area (Å²) in [6.07, 6.45) is 0. The van der Waals surface area contributed by atoms with Crippen LogP contribution < -0.4 is 16.6 Å². The molecule has 0 fully saturated rings. The Kier molecular flexibility index (Phi) is 3.00. The second-order valence-corrected chi connectivity index (χ2v) is 4.20. The third-order valence-corrected chi connectivity index (χ3v) is 2.95. The molecule has 0 atom stereocenters. The molecule has 4 nitrogen and oxygen atoms in total. The molecular formula is C15H14N4. The van der Waals surface area contributed by atoms with Crippen molar-refractivity contribution < 1.29 is 0 Å². The molecule has 0 spiro atoms. The summed E-state index contributed by atoms with van der Waals surface area (Å²) in [5.41, 5.74) is 3.57. The van der Waals surface area contributed by atoms with E-state index in [4.69, 9.17) is 5.84 Å². The summed E-state index contributed by atoms with van der Waals surface area (Å²) in [6.45, 7) is 0. The minimum absolute atomic E-state index is 0.630. The number of aromatic nitrogens is 1. The van der Waals surface area contributed by atoms with Gasteiger partial charge in [0.2, 0.25) is 0 Å². The predicted octanol–water partition coefficient (Wildman–Crippen LogP) is 3.26. The van der Waals surface area contributed by atoms with Crippen LogP contribution in [0, 0.1) is 0 Å². The van der Waals surface area contributed by atoms with Crippen molar-refractivity contribution >= 4 is 28.1 Å². The van der Waals surface area contributed by atoms with Crippen LogP contribution in [0.5, 0.6) is 0 Å². The second kappa shape index (κ2) is 4.96. The summed E-state index contributed by atoms with van der Waals surface area (Å²) in [6, 6.07) is 20.0. The van der Waals surface area contributed by atoms with Gasteiger partial charge in [0.05, 0.1) is 0 Å². The van der Waals surface area contributed by atoms with E-state index < -0.39 is 0 Å². The molecule has 0 saturated heterocycles. The van der Waals surface area contributed by atoms with Gasteiger partial charge < -0.3 is 10.7 Å². The zero-order valence-electron chi connectivity index (χ0n) is 10.3. The van der Waals surface area contributed by atoms with Crippen LogP contribution in [0.2, 0.25) is 0 Å². The van der Waals surface area contributed by atoms with Crippen LogP contribution >= 0.6 is 0 Å². The Bertz CT molecular complexity index is 704. The number of anilines is 3. The molecule has 0 bridgehead atoms. The molecule has 4 heteroatoms. The minimum Gasteiger partial charge on any atom is -0.340 e. The molecule has 19 heavy (non-hydrogen) atoms. The van der Waals surface area contributed by atoms with E-state index in [2.05, 4.69) is 33.9 Å². The van der Waals surface area contributed by atoms with Gasteiger partial charge in [0.25, 0.3) is 0 Å². The van der Waals surface area contributed by atoms with E-state index in [9.17, 15) is 0 Å². The van der Waals surface area contributed by atoms with Crippen LogP contribution in [-0.2, 0) is 0 Å². The lowest BCUT2D eigenvalue weighted by molar-refractivity contribution is 1.23. The molecule has 0 aliphatic carbocycles. The van der Waals surface area contributed by atoms with Crippen molar-refractivity contribution in [3.63, 3.8) is 0 Å². The zero-order chi connectivity index (χ0) is 13.1. The van der Waals surface area contributed by atoms with Crippen molar-refractivity contribution in [3.05, 3.63) is 60.7 Å². The smallest absolute Gasteiger partial charge is 0.142 e. The van der Waals surface area contributed by atoms with E-state index >= 15 is 0 Å². The highest BCUT2D eigenvalue weighted by Crippen LogP contribution is 2.25. The van der Waals surface area contributed by atoms with Crippen molar-refractivity contribution in [2.75, 3.05) is 10.7 Å². The number of benzene rings is 2. The van der Waals surface area contributed by atoms with Crippen molar-refractivity contribution in [1.29, 1.82) is 0 Å². The highest BCUT2D eigenvalue weighted by molar-refractivity contribution is 5.95. The van der Waals surface area contributed by atoms with Crippen molar-refractivity contribution in [2.45, 2.75) is 0 Å². The third-order valence-electron chi connectivity index (χ3n) is 2.95. The van der Waals surface area contributed by atoms with Crippen LogP contribution in [0.4, 0.5) is 17.3 Å². The highest BCUT2D eigenvalue weighted by atomic mass is 15.3. The van der Waals surface area contributed by atoms with Crippen LogP contribution in [0.25, 0.3) is 10.8 Å². The summed E-state index contributed by atoms with van der Waals surface area (Å²) in [5.74, 6) is 6.75. The summed E-state index contributed by atoms with van der Waals surface area (Å²) >= 11 is 0. The molecule has 3 rings (SSSR count). The molecule has 1 aromatic heterocycles. The molecule has 1 heterocycles. The first-order valence-electron chi connectivity index (χ1n) is 6.05. The Labute approximate surface area is 111 Å². The maximum atomic E-state index is 5.36. The topological polar surface area (TPSA) is 63.0 Å². The number of hydrogen-bond acceptors (Lipinski definition) is 4. The number of nitrogens with two attached hydrogens (primary N) is 1. The first kappa shape index (κ1) is 11.5. The summed E-state index contributed by atoms with van der Waals surface area (Å²) in [4.78, 5) is 4.35. The van der Waals surface area contributed by atoms with Gasteiger partial charge in [0.1, 0.15) is 11.6 Å². The molecule has 0 aliphatic heterocycles. The van der Waals surface area contributed by atoms with Gasteiger partial charge in [-0.1, -0.05) is 42.5 Å². The Morgan fingerprint density at radius 1 is 0.789 bits per heavy atom. The first-order chi connectivity index (χ1) is 9.36. The lowest BCUT2D eigenvalue weighted by Crippen LogP contribution is -2.08. The molecule has 0 aliphatic rings. The standard InChI is InChI=1S/C15H14N4/c16-19-15-10-4-9-14(18-15)17-13-8-3-6-11-5-1-2-7-12(11)13/h1-10H,16H2,(H2,17,18,19). The van der Waals surface area contributed by atoms with Gasteiger partial charge in [-0.3, -0.25) is 0 Å². The molecule has 0 saturated carbocycles. The van der Waals surface area contributed by atoms with Gasteiger partial charge in [-0.2, -0.15) is 0 Å². The number of hydrazine groups is 1. The Morgan fingerprint density at radius 3 is 2.42 bits per heavy atom. The van der Waals surface area contributed by atoms with Gasteiger partial charge in [0, 0.05) is 11.1 Å². The quantitative estimate of drug-likeness (QED) is 0.493. The Balaban J connectivity index is 2.01. The highest BCUT2D eigenvalue weighted by Gasteiger charge is 2.01. The lowest BCUT2D eigenvalue weighted by atomic mass is 10.1. The lowest BCUT2D eigenvalue weighted by Gasteiger charge is -2.10.